The molecule has 0 aliphatic rings. The Morgan fingerprint density at radius 1 is 1.31 bits per heavy atom. The van der Waals surface area contributed by atoms with Gasteiger partial charge in [0.1, 0.15) is 0 Å². The molecular formula is C10H23NO2. The highest BCUT2D eigenvalue weighted by Gasteiger charge is 2.02. The fourth-order valence-corrected chi connectivity index (χ4v) is 1.24. The zero-order valence-corrected chi connectivity index (χ0v) is 8.88. The fourth-order valence-electron chi connectivity index (χ4n) is 1.24. The number of rotatable bonds is 9. The normalized spacial score (nSPS) is 13.2. The van der Waals surface area contributed by atoms with E-state index in [-0.39, 0.29) is 0 Å². The average molecular weight is 189 g/mol. The number of aliphatic hydroxyl groups excluding tert-OH is 1. The highest BCUT2D eigenvalue weighted by Crippen LogP contribution is 1.95. The summed E-state index contributed by atoms with van der Waals surface area (Å²) in [6.07, 6.45) is 4.27. The van der Waals surface area contributed by atoms with Crippen LogP contribution in [0.1, 0.15) is 32.6 Å². The lowest BCUT2D eigenvalue weighted by molar-refractivity contribution is 0.164. The molecule has 3 nitrogen and oxygen atoms in total. The van der Waals surface area contributed by atoms with Crippen LogP contribution in [0, 0.1) is 0 Å². The van der Waals surface area contributed by atoms with Gasteiger partial charge in [0.25, 0.3) is 0 Å². The van der Waals surface area contributed by atoms with Crippen LogP contribution in [0.25, 0.3) is 0 Å². The van der Waals surface area contributed by atoms with Gasteiger partial charge in [0.15, 0.2) is 0 Å². The summed E-state index contributed by atoms with van der Waals surface area (Å²) in [5.41, 5.74) is 0. The van der Waals surface area contributed by atoms with Crippen molar-refractivity contribution in [3.8, 4) is 0 Å². The summed E-state index contributed by atoms with van der Waals surface area (Å²) in [5, 5.41) is 12.0. The number of aliphatic hydroxyl groups is 1. The third-order valence-electron chi connectivity index (χ3n) is 2.13. The quantitative estimate of drug-likeness (QED) is 0.535. The molecule has 2 N–H and O–H groups in total. The van der Waals surface area contributed by atoms with Crippen molar-refractivity contribution in [1.82, 2.24) is 5.32 Å². The van der Waals surface area contributed by atoms with E-state index in [1.54, 1.807) is 7.11 Å². The van der Waals surface area contributed by atoms with Crippen LogP contribution in [-0.2, 0) is 4.74 Å². The third kappa shape index (κ3) is 8.22. The Labute approximate surface area is 81.5 Å². The molecule has 0 aliphatic carbocycles. The molecule has 0 heterocycles. The number of unbranched alkanes of at least 4 members (excludes halogenated alkanes) is 2. The van der Waals surface area contributed by atoms with Crippen molar-refractivity contribution in [2.75, 3.05) is 26.9 Å². The van der Waals surface area contributed by atoms with E-state index in [1.807, 2.05) is 0 Å². The van der Waals surface area contributed by atoms with Crippen molar-refractivity contribution in [3.05, 3.63) is 0 Å². The first-order valence-corrected chi connectivity index (χ1v) is 5.18. The molecule has 80 valence electrons. The lowest BCUT2D eigenvalue weighted by atomic mass is 10.2. The van der Waals surface area contributed by atoms with Crippen molar-refractivity contribution in [2.24, 2.45) is 0 Å². The van der Waals surface area contributed by atoms with Gasteiger partial charge in [0.2, 0.25) is 0 Å². The lowest BCUT2D eigenvalue weighted by Gasteiger charge is -2.15. The van der Waals surface area contributed by atoms with Gasteiger partial charge in [0, 0.05) is 19.8 Å². The first-order chi connectivity index (χ1) is 6.35. The van der Waals surface area contributed by atoms with Crippen molar-refractivity contribution < 1.29 is 9.84 Å². The molecule has 0 aromatic rings. The Bertz CT molecular complexity index is 98.9. The summed E-state index contributed by atoms with van der Waals surface area (Å²) in [6, 6.07) is 0.485. The maximum absolute atomic E-state index is 8.56. The molecule has 0 rings (SSSR count). The van der Waals surface area contributed by atoms with E-state index < -0.39 is 0 Å². The Hall–Kier alpha value is -0.120. The molecule has 0 radical (unpaired) electrons. The number of nitrogens with one attached hydrogen (secondary N) is 1. The van der Waals surface area contributed by atoms with Crippen LogP contribution in [0.2, 0.25) is 0 Å². The topological polar surface area (TPSA) is 41.5 Å². The zero-order valence-electron chi connectivity index (χ0n) is 8.88. The van der Waals surface area contributed by atoms with Gasteiger partial charge in [0.05, 0.1) is 6.61 Å². The van der Waals surface area contributed by atoms with E-state index in [9.17, 15) is 0 Å². The van der Waals surface area contributed by atoms with E-state index in [0.29, 0.717) is 12.6 Å². The first kappa shape index (κ1) is 12.9. The molecule has 0 saturated heterocycles. The van der Waals surface area contributed by atoms with Crippen LogP contribution in [0.4, 0.5) is 0 Å². The molecule has 0 amide bonds. The average Bonchev–Trinajstić information content (AvgIpc) is 2.16. The Kier molecular flexibility index (Phi) is 9.87. The Morgan fingerprint density at radius 2 is 2.08 bits per heavy atom. The standard InChI is InChI=1S/C10H23NO2/c1-3-10(9-13-2)11-7-5-4-6-8-12/h10-12H,3-9H2,1-2H3. The lowest BCUT2D eigenvalue weighted by Crippen LogP contribution is -2.33. The summed E-state index contributed by atoms with van der Waals surface area (Å²) in [5.74, 6) is 0. The first-order valence-electron chi connectivity index (χ1n) is 5.18. The maximum Gasteiger partial charge on any atom is 0.0615 e. The van der Waals surface area contributed by atoms with Crippen molar-refractivity contribution in [3.63, 3.8) is 0 Å². The number of methoxy groups -OCH3 is 1. The molecule has 3 heteroatoms. The van der Waals surface area contributed by atoms with Gasteiger partial charge in [-0.15, -0.1) is 0 Å². The molecule has 0 bridgehead atoms. The van der Waals surface area contributed by atoms with Crippen LogP contribution < -0.4 is 5.32 Å². The minimum absolute atomic E-state index is 0.315. The summed E-state index contributed by atoms with van der Waals surface area (Å²) < 4.78 is 5.07. The highest BCUT2D eigenvalue weighted by molar-refractivity contribution is 4.63. The minimum Gasteiger partial charge on any atom is -0.396 e. The number of hydrogen-bond acceptors (Lipinski definition) is 3. The van der Waals surface area contributed by atoms with Gasteiger partial charge < -0.3 is 15.2 Å². The predicted molar refractivity (Wildman–Crippen MR) is 54.9 cm³/mol. The molecule has 0 fully saturated rings. The number of hydrogen-bond donors (Lipinski definition) is 2. The van der Waals surface area contributed by atoms with E-state index >= 15 is 0 Å². The second kappa shape index (κ2) is 9.96. The zero-order chi connectivity index (χ0) is 9.94. The monoisotopic (exact) mass is 189 g/mol. The summed E-state index contributed by atoms with van der Waals surface area (Å²) in [7, 11) is 1.73. The van der Waals surface area contributed by atoms with E-state index in [1.165, 1.54) is 0 Å². The third-order valence-corrected chi connectivity index (χ3v) is 2.13. The van der Waals surface area contributed by atoms with Crippen molar-refractivity contribution >= 4 is 0 Å². The second-order valence-corrected chi connectivity index (χ2v) is 3.30. The highest BCUT2D eigenvalue weighted by atomic mass is 16.5. The number of ether oxygens (including phenoxy) is 1. The summed E-state index contributed by atoms with van der Waals surface area (Å²) in [6.45, 7) is 4.29. The SMILES string of the molecule is CCC(COC)NCCCCCO. The van der Waals surface area contributed by atoms with Crippen LogP contribution in [0.15, 0.2) is 0 Å². The molecule has 0 aromatic carbocycles. The second-order valence-electron chi connectivity index (χ2n) is 3.30. The smallest absolute Gasteiger partial charge is 0.0615 e. The van der Waals surface area contributed by atoms with Crippen LogP contribution >= 0.6 is 0 Å². The van der Waals surface area contributed by atoms with E-state index in [2.05, 4.69) is 12.2 Å². The molecule has 0 spiro atoms. The van der Waals surface area contributed by atoms with E-state index in [4.69, 9.17) is 9.84 Å². The maximum atomic E-state index is 8.56. The van der Waals surface area contributed by atoms with Crippen molar-refractivity contribution in [2.45, 2.75) is 38.6 Å². The Morgan fingerprint density at radius 3 is 2.62 bits per heavy atom. The van der Waals surface area contributed by atoms with E-state index in [0.717, 1.165) is 38.8 Å². The molecule has 1 atom stereocenters. The van der Waals surface area contributed by atoms with Crippen LogP contribution in [0.5, 0.6) is 0 Å². The molecule has 13 heavy (non-hydrogen) atoms. The minimum atomic E-state index is 0.315. The van der Waals surface area contributed by atoms with Gasteiger partial charge >= 0.3 is 0 Å². The molecular weight excluding hydrogens is 166 g/mol. The molecule has 0 aromatic heterocycles. The predicted octanol–water partition coefficient (Wildman–Crippen LogP) is 1.16. The fraction of sp³-hybridized carbons (Fsp3) is 1.00. The van der Waals surface area contributed by atoms with Gasteiger partial charge in [-0.05, 0) is 32.2 Å². The van der Waals surface area contributed by atoms with Crippen LogP contribution in [0.3, 0.4) is 0 Å². The van der Waals surface area contributed by atoms with Crippen molar-refractivity contribution in [1.29, 1.82) is 0 Å². The molecule has 0 aliphatic heterocycles. The van der Waals surface area contributed by atoms with Crippen LogP contribution in [-0.4, -0.2) is 38.0 Å². The Balaban J connectivity index is 3.17. The van der Waals surface area contributed by atoms with Gasteiger partial charge in [-0.2, -0.15) is 0 Å². The van der Waals surface area contributed by atoms with Gasteiger partial charge in [-0.25, -0.2) is 0 Å². The largest absolute Gasteiger partial charge is 0.396 e. The molecule has 0 saturated carbocycles. The summed E-state index contributed by atoms with van der Waals surface area (Å²) in [4.78, 5) is 0. The van der Waals surface area contributed by atoms with Gasteiger partial charge in [-0.1, -0.05) is 6.92 Å². The van der Waals surface area contributed by atoms with Gasteiger partial charge in [-0.3, -0.25) is 0 Å². The summed E-state index contributed by atoms with van der Waals surface area (Å²) >= 11 is 0. The molecule has 1 unspecified atom stereocenters.